The molecule has 0 aromatic rings. The summed E-state index contributed by atoms with van der Waals surface area (Å²) in [6, 6.07) is 0. The zero-order valence-electron chi connectivity index (χ0n) is 5.01. The van der Waals surface area contributed by atoms with E-state index in [0.717, 1.165) is 6.42 Å². The Kier molecular flexibility index (Phi) is 1.69. The van der Waals surface area contributed by atoms with Crippen molar-refractivity contribution in [2.24, 2.45) is 5.92 Å². The predicted molar refractivity (Wildman–Crippen MR) is 33.5 cm³/mol. The fourth-order valence-electron chi connectivity index (χ4n) is 0.844. The molecule has 1 saturated carbocycles. The molecule has 0 spiro atoms. The molecule has 0 saturated heterocycles. The van der Waals surface area contributed by atoms with Crippen molar-refractivity contribution in [3.63, 3.8) is 0 Å². The quantitative estimate of drug-likeness (QED) is 0.546. The molecule has 1 rings (SSSR count). The molecule has 0 radical (unpaired) electrons. The minimum absolute atomic E-state index is 0.0903. The van der Waals surface area contributed by atoms with Crippen LogP contribution in [0, 0.1) is 5.92 Å². The second kappa shape index (κ2) is 2.31. The van der Waals surface area contributed by atoms with E-state index < -0.39 is 0 Å². The van der Waals surface area contributed by atoms with Crippen molar-refractivity contribution in [1.82, 2.24) is 0 Å². The molecule has 0 aromatic carbocycles. The van der Waals surface area contributed by atoms with E-state index in [1.165, 1.54) is 12.8 Å². The van der Waals surface area contributed by atoms with Gasteiger partial charge in [-0.3, -0.25) is 0 Å². The first-order chi connectivity index (χ1) is 3.84. The maximum atomic E-state index is 9.12. The van der Waals surface area contributed by atoms with Crippen LogP contribution >= 0.6 is 0 Å². The van der Waals surface area contributed by atoms with Gasteiger partial charge in [0.1, 0.15) is 0 Å². The molecular weight excluding hydrogens is 100 g/mol. The summed E-state index contributed by atoms with van der Waals surface area (Å²) in [6.45, 7) is 3.55. The minimum Gasteiger partial charge on any atom is -0.393 e. The lowest BCUT2D eigenvalue weighted by atomic mass is 10.2. The van der Waals surface area contributed by atoms with Gasteiger partial charge in [0.15, 0.2) is 0 Å². The van der Waals surface area contributed by atoms with E-state index in [-0.39, 0.29) is 6.10 Å². The van der Waals surface area contributed by atoms with Gasteiger partial charge in [-0.15, -0.1) is 6.58 Å². The summed E-state index contributed by atoms with van der Waals surface area (Å²) in [5, 5.41) is 9.12. The molecule has 1 heteroatoms. The van der Waals surface area contributed by atoms with Crippen molar-refractivity contribution in [3.05, 3.63) is 12.7 Å². The number of hydrogen-bond acceptors (Lipinski definition) is 1. The van der Waals surface area contributed by atoms with Gasteiger partial charge in [-0.05, 0) is 25.2 Å². The first-order valence-corrected chi connectivity index (χ1v) is 3.13. The smallest absolute Gasteiger partial charge is 0.0602 e. The van der Waals surface area contributed by atoms with Gasteiger partial charge in [0.2, 0.25) is 0 Å². The predicted octanol–water partition coefficient (Wildman–Crippen LogP) is 1.33. The number of hydrogen-bond donors (Lipinski definition) is 1. The highest BCUT2D eigenvalue weighted by molar-refractivity contribution is 4.85. The molecule has 1 fully saturated rings. The Labute approximate surface area is 50.0 Å². The third-order valence-electron chi connectivity index (χ3n) is 1.57. The van der Waals surface area contributed by atoms with Gasteiger partial charge in [0, 0.05) is 0 Å². The van der Waals surface area contributed by atoms with Crippen LogP contribution < -0.4 is 0 Å². The van der Waals surface area contributed by atoms with Crippen LogP contribution in [0.15, 0.2) is 12.7 Å². The molecule has 0 heterocycles. The van der Waals surface area contributed by atoms with Crippen molar-refractivity contribution in [2.75, 3.05) is 0 Å². The van der Waals surface area contributed by atoms with Crippen molar-refractivity contribution < 1.29 is 5.11 Å². The summed E-state index contributed by atoms with van der Waals surface area (Å²) in [6.07, 6.45) is 4.89. The van der Waals surface area contributed by atoms with Crippen LogP contribution in [0.5, 0.6) is 0 Å². The topological polar surface area (TPSA) is 20.2 Å². The molecule has 46 valence electrons. The molecule has 1 N–H and O–H groups in total. The second-order valence-electron chi connectivity index (χ2n) is 2.43. The lowest BCUT2D eigenvalue weighted by Crippen LogP contribution is -2.06. The monoisotopic (exact) mass is 112 g/mol. The van der Waals surface area contributed by atoms with Crippen LogP contribution in [0.2, 0.25) is 0 Å². The fraction of sp³-hybridized carbons (Fsp3) is 0.714. The molecule has 1 atom stereocenters. The standard InChI is InChI=1S/C7H12O/c1-2-3-7(8)6-4-5-6/h2,6-8H,1,3-5H2/t7-/m0/s1. The first kappa shape index (κ1) is 5.83. The molecular formula is C7H12O. The Morgan fingerprint density at radius 3 is 2.75 bits per heavy atom. The fourth-order valence-corrected chi connectivity index (χ4v) is 0.844. The lowest BCUT2D eigenvalue weighted by molar-refractivity contribution is 0.154. The minimum atomic E-state index is -0.0903. The van der Waals surface area contributed by atoms with Gasteiger partial charge in [0.05, 0.1) is 6.10 Å². The Morgan fingerprint density at radius 2 is 2.38 bits per heavy atom. The Morgan fingerprint density at radius 1 is 1.75 bits per heavy atom. The second-order valence-corrected chi connectivity index (χ2v) is 2.43. The highest BCUT2D eigenvalue weighted by Gasteiger charge is 2.28. The molecule has 1 nitrogen and oxygen atoms in total. The van der Waals surface area contributed by atoms with E-state index in [9.17, 15) is 0 Å². The molecule has 1 aliphatic carbocycles. The summed E-state index contributed by atoms with van der Waals surface area (Å²) in [5.74, 6) is 0.605. The van der Waals surface area contributed by atoms with Crippen LogP contribution in [0.1, 0.15) is 19.3 Å². The first-order valence-electron chi connectivity index (χ1n) is 3.13. The van der Waals surface area contributed by atoms with Crippen LogP contribution in [0.3, 0.4) is 0 Å². The van der Waals surface area contributed by atoms with Crippen molar-refractivity contribution in [3.8, 4) is 0 Å². The number of aliphatic hydroxyl groups excluding tert-OH is 1. The van der Waals surface area contributed by atoms with E-state index in [2.05, 4.69) is 6.58 Å². The lowest BCUT2D eigenvalue weighted by Gasteiger charge is -2.02. The average Bonchev–Trinajstić information content (AvgIpc) is 2.45. The molecule has 0 unspecified atom stereocenters. The van der Waals surface area contributed by atoms with Crippen LogP contribution in [0.4, 0.5) is 0 Å². The number of aliphatic hydroxyl groups is 1. The molecule has 1 aliphatic rings. The average molecular weight is 112 g/mol. The van der Waals surface area contributed by atoms with Gasteiger partial charge >= 0.3 is 0 Å². The summed E-state index contributed by atoms with van der Waals surface area (Å²) < 4.78 is 0. The maximum absolute atomic E-state index is 9.12. The molecule has 0 bridgehead atoms. The van der Waals surface area contributed by atoms with Gasteiger partial charge in [0.25, 0.3) is 0 Å². The normalized spacial score (nSPS) is 22.6. The van der Waals surface area contributed by atoms with Crippen molar-refractivity contribution in [2.45, 2.75) is 25.4 Å². The molecule has 0 aromatic heterocycles. The van der Waals surface area contributed by atoms with E-state index in [4.69, 9.17) is 5.11 Å². The Balaban J connectivity index is 2.12. The summed E-state index contributed by atoms with van der Waals surface area (Å²) >= 11 is 0. The van der Waals surface area contributed by atoms with Gasteiger partial charge in [-0.2, -0.15) is 0 Å². The van der Waals surface area contributed by atoms with Crippen LogP contribution in [-0.4, -0.2) is 11.2 Å². The van der Waals surface area contributed by atoms with Gasteiger partial charge in [-0.25, -0.2) is 0 Å². The highest BCUT2D eigenvalue weighted by Crippen LogP contribution is 2.33. The van der Waals surface area contributed by atoms with E-state index in [0.29, 0.717) is 5.92 Å². The zero-order chi connectivity index (χ0) is 5.98. The van der Waals surface area contributed by atoms with Crippen LogP contribution in [-0.2, 0) is 0 Å². The van der Waals surface area contributed by atoms with Gasteiger partial charge in [-0.1, -0.05) is 6.08 Å². The van der Waals surface area contributed by atoms with Crippen molar-refractivity contribution >= 4 is 0 Å². The highest BCUT2D eigenvalue weighted by atomic mass is 16.3. The third kappa shape index (κ3) is 1.34. The van der Waals surface area contributed by atoms with E-state index in [1.807, 2.05) is 0 Å². The van der Waals surface area contributed by atoms with Gasteiger partial charge < -0.3 is 5.11 Å². The number of rotatable bonds is 3. The van der Waals surface area contributed by atoms with E-state index >= 15 is 0 Å². The Bertz CT molecular complexity index is 84.4. The SMILES string of the molecule is C=CC[C@H](O)C1CC1. The third-order valence-corrected chi connectivity index (χ3v) is 1.57. The Hall–Kier alpha value is -0.300. The molecule has 0 amide bonds. The molecule has 0 aliphatic heterocycles. The van der Waals surface area contributed by atoms with Crippen molar-refractivity contribution in [1.29, 1.82) is 0 Å². The maximum Gasteiger partial charge on any atom is 0.0602 e. The summed E-state index contributed by atoms with van der Waals surface area (Å²) in [5.41, 5.74) is 0. The van der Waals surface area contributed by atoms with E-state index in [1.54, 1.807) is 6.08 Å². The van der Waals surface area contributed by atoms with Crippen LogP contribution in [0.25, 0.3) is 0 Å². The largest absolute Gasteiger partial charge is 0.393 e. The summed E-state index contributed by atoms with van der Waals surface area (Å²) in [7, 11) is 0. The zero-order valence-corrected chi connectivity index (χ0v) is 5.01. The summed E-state index contributed by atoms with van der Waals surface area (Å²) in [4.78, 5) is 0. The molecule has 8 heavy (non-hydrogen) atoms.